The van der Waals surface area contributed by atoms with Crippen molar-refractivity contribution in [3.8, 4) is 5.75 Å². The van der Waals surface area contributed by atoms with Gasteiger partial charge in [-0.2, -0.15) is 0 Å². The largest absolute Gasteiger partial charge is 0.494 e. The molecule has 17 heavy (non-hydrogen) atoms. The zero-order valence-corrected chi connectivity index (χ0v) is 11.0. The van der Waals surface area contributed by atoms with Crippen LogP contribution in [0.1, 0.15) is 12.5 Å². The number of carbonyl (C=O) groups is 1. The number of likely N-dealkylation sites (N-methyl/N-ethyl adjacent to an activating group) is 1. The van der Waals surface area contributed by atoms with Crippen LogP contribution in [0.5, 0.6) is 5.75 Å². The number of halogens is 1. The lowest BCUT2D eigenvalue weighted by molar-refractivity contribution is -0.127. The highest BCUT2D eigenvalue weighted by Gasteiger charge is 2.06. The predicted octanol–water partition coefficient (Wildman–Crippen LogP) is 2.33. The van der Waals surface area contributed by atoms with Crippen molar-refractivity contribution in [2.75, 3.05) is 26.1 Å². The van der Waals surface area contributed by atoms with Crippen molar-refractivity contribution in [3.05, 3.63) is 29.8 Å². The molecule has 0 heterocycles. The third-order valence-electron chi connectivity index (χ3n) is 2.51. The zero-order chi connectivity index (χ0) is 12.7. The summed E-state index contributed by atoms with van der Waals surface area (Å²) in [6.45, 7) is 3.31. The first-order valence-electron chi connectivity index (χ1n) is 5.69. The van der Waals surface area contributed by atoms with Gasteiger partial charge in [-0.3, -0.25) is 4.79 Å². The number of benzene rings is 1. The van der Waals surface area contributed by atoms with Crippen molar-refractivity contribution in [2.45, 2.75) is 13.3 Å². The fraction of sp³-hybridized carbons (Fsp3) is 0.462. The van der Waals surface area contributed by atoms with Crippen molar-refractivity contribution >= 4 is 17.5 Å². The van der Waals surface area contributed by atoms with Crippen LogP contribution in [0.2, 0.25) is 0 Å². The Hall–Kier alpha value is -1.22. The number of hydrogen-bond acceptors (Lipinski definition) is 2. The van der Waals surface area contributed by atoms with E-state index in [1.165, 1.54) is 5.56 Å². The summed E-state index contributed by atoms with van der Waals surface area (Å²) >= 11 is 5.48. The third-order valence-corrected chi connectivity index (χ3v) is 2.74. The molecule has 1 aromatic rings. The summed E-state index contributed by atoms with van der Waals surface area (Å²) in [6.07, 6.45) is 0.825. The minimum absolute atomic E-state index is 0.0414. The Bertz CT molecular complexity index is 351. The molecule has 1 rings (SSSR count). The van der Waals surface area contributed by atoms with Crippen molar-refractivity contribution in [3.63, 3.8) is 0 Å². The molecule has 0 aliphatic heterocycles. The van der Waals surface area contributed by atoms with Crippen LogP contribution in [-0.4, -0.2) is 36.9 Å². The van der Waals surface area contributed by atoms with E-state index in [0.717, 1.165) is 12.2 Å². The van der Waals surface area contributed by atoms with Crippen LogP contribution in [-0.2, 0) is 11.2 Å². The first-order valence-corrected chi connectivity index (χ1v) is 6.22. The Morgan fingerprint density at radius 2 is 2.00 bits per heavy atom. The minimum atomic E-state index is -0.0439. The van der Waals surface area contributed by atoms with Gasteiger partial charge in [0.1, 0.15) is 11.6 Å². The first kappa shape index (κ1) is 13.8. The summed E-state index contributed by atoms with van der Waals surface area (Å²) in [5, 5.41) is 0. The fourth-order valence-electron chi connectivity index (χ4n) is 1.44. The van der Waals surface area contributed by atoms with Gasteiger partial charge >= 0.3 is 0 Å². The minimum Gasteiger partial charge on any atom is -0.494 e. The Kier molecular flexibility index (Phi) is 5.84. The maximum absolute atomic E-state index is 11.2. The number of ether oxygens (including phenoxy) is 1. The molecule has 0 aliphatic rings. The molecule has 0 saturated carbocycles. The van der Waals surface area contributed by atoms with E-state index in [0.29, 0.717) is 13.2 Å². The monoisotopic (exact) mass is 255 g/mol. The van der Waals surface area contributed by atoms with Gasteiger partial charge in [0, 0.05) is 13.6 Å². The summed E-state index contributed by atoms with van der Waals surface area (Å²) in [7, 11) is 1.76. The van der Waals surface area contributed by atoms with Gasteiger partial charge in [-0.05, 0) is 31.0 Å². The number of nitrogens with zero attached hydrogens (tertiary/aromatic N) is 1. The van der Waals surface area contributed by atoms with Gasteiger partial charge in [0.25, 0.3) is 0 Å². The lowest BCUT2D eigenvalue weighted by Crippen LogP contribution is -2.29. The van der Waals surface area contributed by atoms with Crippen molar-refractivity contribution in [1.29, 1.82) is 0 Å². The highest BCUT2D eigenvalue weighted by Crippen LogP contribution is 2.12. The van der Waals surface area contributed by atoms with E-state index in [-0.39, 0.29) is 11.8 Å². The van der Waals surface area contributed by atoms with E-state index in [2.05, 4.69) is 0 Å². The summed E-state index contributed by atoms with van der Waals surface area (Å²) in [4.78, 5) is 12.9. The maximum Gasteiger partial charge on any atom is 0.237 e. The summed E-state index contributed by atoms with van der Waals surface area (Å²) < 4.78 is 5.36. The smallest absolute Gasteiger partial charge is 0.237 e. The summed E-state index contributed by atoms with van der Waals surface area (Å²) in [6, 6.07) is 7.93. The van der Waals surface area contributed by atoms with Crippen LogP contribution in [0.25, 0.3) is 0 Å². The normalized spacial score (nSPS) is 10.1. The fourth-order valence-corrected chi connectivity index (χ4v) is 1.65. The molecule has 3 nitrogen and oxygen atoms in total. The number of amides is 1. The van der Waals surface area contributed by atoms with Gasteiger partial charge in [-0.1, -0.05) is 12.1 Å². The molecule has 0 N–H and O–H groups in total. The number of alkyl halides is 1. The van der Waals surface area contributed by atoms with Crippen LogP contribution < -0.4 is 4.74 Å². The Balaban J connectivity index is 2.44. The molecule has 0 fully saturated rings. The standard InChI is InChI=1S/C13H18ClNO2/c1-3-17-12-6-4-11(5-7-12)8-9-15(2)13(16)10-14/h4-7H,3,8-10H2,1-2H3. The number of hydrogen-bond donors (Lipinski definition) is 0. The highest BCUT2D eigenvalue weighted by atomic mass is 35.5. The molecule has 0 saturated heterocycles. The van der Waals surface area contributed by atoms with E-state index in [1.54, 1.807) is 11.9 Å². The quantitative estimate of drug-likeness (QED) is 0.730. The van der Waals surface area contributed by atoms with Crippen LogP contribution >= 0.6 is 11.6 Å². The summed E-state index contributed by atoms with van der Waals surface area (Å²) in [5.74, 6) is 0.874. The van der Waals surface area contributed by atoms with Crippen LogP contribution in [0.3, 0.4) is 0 Å². The van der Waals surface area contributed by atoms with E-state index < -0.39 is 0 Å². The molecular formula is C13H18ClNO2. The Morgan fingerprint density at radius 1 is 1.35 bits per heavy atom. The number of rotatable bonds is 6. The molecule has 0 spiro atoms. The lowest BCUT2D eigenvalue weighted by Gasteiger charge is -2.15. The number of carbonyl (C=O) groups excluding carboxylic acids is 1. The molecule has 0 radical (unpaired) electrons. The molecule has 0 atom stereocenters. The molecule has 4 heteroatoms. The maximum atomic E-state index is 11.2. The van der Waals surface area contributed by atoms with E-state index in [4.69, 9.17) is 16.3 Å². The molecule has 0 bridgehead atoms. The van der Waals surface area contributed by atoms with Gasteiger partial charge in [0.15, 0.2) is 0 Å². The zero-order valence-electron chi connectivity index (χ0n) is 10.3. The first-order chi connectivity index (χ1) is 8.17. The molecule has 1 aromatic carbocycles. The van der Waals surface area contributed by atoms with E-state index >= 15 is 0 Å². The second-order valence-corrected chi connectivity index (χ2v) is 4.04. The van der Waals surface area contributed by atoms with Crippen molar-refractivity contribution in [2.24, 2.45) is 0 Å². The third kappa shape index (κ3) is 4.65. The predicted molar refractivity (Wildman–Crippen MR) is 69.7 cm³/mol. The second-order valence-electron chi connectivity index (χ2n) is 3.78. The van der Waals surface area contributed by atoms with E-state index in [1.807, 2.05) is 31.2 Å². The van der Waals surface area contributed by atoms with Crippen molar-refractivity contribution < 1.29 is 9.53 Å². The Morgan fingerprint density at radius 3 is 2.53 bits per heavy atom. The van der Waals surface area contributed by atoms with Crippen molar-refractivity contribution in [1.82, 2.24) is 4.90 Å². The molecular weight excluding hydrogens is 238 g/mol. The molecule has 0 aliphatic carbocycles. The average Bonchev–Trinajstić information content (AvgIpc) is 2.37. The SMILES string of the molecule is CCOc1ccc(CCN(C)C(=O)CCl)cc1. The topological polar surface area (TPSA) is 29.5 Å². The van der Waals surface area contributed by atoms with E-state index in [9.17, 15) is 4.79 Å². The van der Waals surface area contributed by atoms with Gasteiger partial charge in [0.2, 0.25) is 5.91 Å². The lowest BCUT2D eigenvalue weighted by atomic mass is 10.1. The molecule has 0 unspecified atom stereocenters. The van der Waals surface area contributed by atoms with Crippen LogP contribution in [0, 0.1) is 0 Å². The van der Waals surface area contributed by atoms with Crippen LogP contribution in [0.15, 0.2) is 24.3 Å². The molecule has 94 valence electrons. The Labute approximate surface area is 107 Å². The average molecular weight is 256 g/mol. The molecule has 1 amide bonds. The van der Waals surface area contributed by atoms with Gasteiger partial charge < -0.3 is 9.64 Å². The summed E-state index contributed by atoms with van der Waals surface area (Å²) in [5.41, 5.74) is 1.18. The highest BCUT2D eigenvalue weighted by molar-refractivity contribution is 6.27. The van der Waals surface area contributed by atoms with Crippen LogP contribution in [0.4, 0.5) is 0 Å². The second kappa shape index (κ2) is 7.17. The molecule has 0 aromatic heterocycles. The van der Waals surface area contributed by atoms with Gasteiger partial charge in [-0.15, -0.1) is 11.6 Å². The van der Waals surface area contributed by atoms with Gasteiger partial charge in [0.05, 0.1) is 6.61 Å². The van der Waals surface area contributed by atoms with Gasteiger partial charge in [-0.25, -0.2) is 0 Å².